The van der Waals surface area contributed by atoms with Gasteiger partial charge in [-0.25, -0.2) is 0 Å². The van der Waals surface area contributed by atoms with Crippen molar-refractivity contribution in [3.05, 3.63) is 23.8 Å². The number of para-hydroxylation sites is 1. The number of benzene rings is 1. The maximum atomic E-state index is 11.6. The van der Waals surface area contributed by atoms with E-state index in [0.717, 1.165) is 0 Å². The third-order valence-electron chi connectivity index (χ3n) is 2.22. The summed E-state index contributed by atoms with van der Waals surface area (Å²) < 4.78 is 0. The van der Waals surface area contributed by atoms with E-state index < -0.39 is 17.7 Å². The second-order valence-corrected chi connectivity index (χ2v) is 3.48. The first-order valence-electron chi connectivity index (χ1n) is 4.75. The number of amides is 1. The van der Waals surface area contributed by atoms with Gasteiger partial charge in [-0.05, 0) is 26.0 Å². The summed E-state index contributed by atoms with van der Waals surface area (Å²) in [6.45, 7) is 2.90. The van der Waals surface area contributed by atoms with Gasteiger partial charge >= 0.3 is 0 Å². The first-order chi connectivity index (χ1) is 7.43. The number of phenolic OH excluding ortho intramolecular Hbond substituents is 2. The third kappa shape index (κ3) is 2.50. The first kappa shape index (κ1) is 12.0. The minimum atomic E-state index is -0.630. The van der Waals surface area contributed by atoms with Crippen molar-refractivity contribution in [2.24, 2.45) is 0 Å². The molecule has 1 atom stereocenters. The zero-order valence-electron chi connectivity index (χ0n) is 9.02. The number of carbonyl (C=O) groups excluding carboxylic acids is 2. The van der Waals surface area contributed by atoms with E-state index in [1.807, 2.05) is 0 Å². The summed E-state index contributed by atoms with van der Waals surface area (Å²) >= 11 is 0. The molecule has 16 heavy (non-hydrogen) atoms. The standard InChI is InChI=1S/C11H13NO4/c1-6(7(2)13)12-11(16)8-4-3-5-9(14)10(8)15/h3-6,14-15H,1-2H3,(H,12,16). The predicted octanol–water partition coefficient (Wildman–Crippen LogP) is 0.805. The second-order valence-electron chi connectivity index (χ2n) is 3.48. The van der Waals surface area contributed by atoms with Crippen molar-refractivity contribution in [3.63, 3.8) is 0 Å². The minimum Gasteiger partial charge on any atom is -0.504 e. The van der Waals surface area contributed by atoms with Gasteiger partial charge in [-0.2, -0.15) is 0 Å². The fourth-order valence-electron chi connectivity index (χ4n) is 1.09. The Balaban J connectivity index is 2.89. The summed E-state index contributed by atoms with van der Waals surface area (Å²) in [5.41, 5.74) is -0.0619. The Bertz CT molecular complexity index is 428. The van der Waals surface area contributed by atoms with E-state index in [9.17, 15) is 19.8 Å². The van der Waals surface area contributed by atoms with E-state index in [-0.39, 0.29) is 17.1 Å². The summed E-state index contributed by atoms with van der Waals surface area (Å²) in [6.07, 6.45) is 0. The molecule has 0 heterocycles. The third-order valence-corrected chi connectivity index (χ3v) is 2.22. The molecule has 1 unspecified atom stereocenters. The first-order valence-corrected chi connectivity index (χ1v) is 4.75. The van der Waals surface area contributed by atoms with Crippen molar-refractivity contribution < 1.29 is 19.8 Å². The number of hydrogen-bond donors (Lipinski definition) is 3. The maximum Gasteiger partial charge on any atom is 0.255 e. The van der Waals surface area contributed by atoms with Crippen molar-refractivity contribution in [1.29, 1.82) is 0 Å². The molecule has 0 aliphatic carbocycles. The van der Waals surface area contributed by atoms with E-state index in [1.54, 1.807) is 6.92 Å². The monoisotopic (exact) mass is 223 g/mol. The normalized spacial score (nSPS) is 11.9. The fourth-order valence-corrected chi connectivity index (χ4v) is 1.09. The van der Waals surface area contributed by atoms with Gasteiger partial charge in [0.05, 0.1) is 11.6 Å². The molecule has 5 heteroatoms. The number of Topliss-reactive ketones (excluding diaryl/α,β-unsaturated/α-hetero) is 1. The number of nitrogens with one attached hydrogen (secondary N) is 1. The zero-order valence-corrected chi connectivity index (χ0v) is 9.02. The topological polar surface area (TPSA) is 86.6 Å². The molecule has 86 valence electrons. The Hall–Kier alpha value is -2.04. The van der Waals surface area contributed by atoms with Gasteiger partial charge in [0.1, 0.15) is 0 Å². The van der Waals surface area contributed by atoms with Gasteiger partial charge < -0.3 is 15.5 Å². The Kier molecular flexibility index (Phi) is 3.50. The molecule has 0 bridgehead atoms. The van der Waals surface area contributed by atoms with Gasteiger partial charge in [0.15, 0.2) is 17.3 Å². The highest BCUT2D eigenvalue weighted by Gasteiger charge is 2.17. The van der Waals surface area contributed by atoms with Crippen LogP contribution in [0.2, 0.25) is 0 Å². The highest BCUT2D eigenvalue weighted by molar-refractivity contribution is 6.00. The molecular formula is C11H13NO4. The van der Waals surface area contributed by atoms with E-state index in [0.29, 0.717) is 0 Å². The number of rotatable bonds is 3. The number of hydrogen-bond acceptors (Lipinski definition) is 4. The SMILES string of the molecule is CC(=O)C(C)NC(=O)c1cccc(O)c1O. The average Bonchev–Trinajstić information content (AvgIpc) is 2.21. The second kappa shape index (κ2) is 4.65. The summed E-state index contributed by atoms with van der Waals surface area (Å²) in [6, 6.07) is 3.43. The summed E-state index contributed by atoms with van der Waals surface area (Å²) in [7, 11) is 0. The van der Waals surface area contributed by atoms with Crippen LogP contribution in [-0.2, 0) is 4.79 Å². The maximum absolute atomic E-state index is 11.6. The highest BCUT2D eigenvalue weighted by Crippen LogP contribution is 2.27. The molecule has 0 spiro atoms. The summed E-state index contributed by atoms with van der Waals surface area (Å²) in [4.78, 5) is 22.5. The molecule has 1 aromatic carbocycles. The Morgan fingerprint density at radius 1 is 1.31 bits per heavy atom. The van der Waals surface area contributed by atoms with Crippen LogP contribution in [0, 0.1) is 0 Å². The largest absolute Gasteiger partial charge is 0.504 e. The molecular weight excluding hydrogens is 210 g/mol. The Morgan fingerprint density at radius 2 is 1.94 bits per heavy atom. The number of carbonyl (C=O) groups is 2. The van der Waals surface area contributed by atoms with Gasteiger partial charge in [-0.3, -0.25) is 9.59 Å². The van der Waals surface area contributed by atoms with Gasteiger partial charge in [-0.15, -0.1) is 0 Å². The fraction of sp³-hybridized carbons (Fsp3) is 0.273. The smallest absolute Gasteiger partial charge is 0.255 e. The minimum absolute atomic E-state index is 0.0619. The number of phenols is 2. The van der Waals surface area contributed by atoms with Crippen LogP contribution in [0.3, 0.4) is 0 Å². The predicted molar refractivity (Wildman–Crippen MR) is 57.4 cm³/mol. The van der Waals surface area contributed by atoms with E-state index in [2.05, 4.69) is 5.32 Å². The average molecular weight is 223 g/mol. The lowest BCUT2D eigenvalue weighted by Gasteiger charge is -2.11. The van der Waals surface area contributed by atoms with E-state index in [1.165, 1.54) is 25.1 Å². The van der Waals surface area contributed by atoms with Gasteiger partial charge in [-0.1, -0.05) is 6.07 Å². The Morgan fingerprint density at radius 3 is 2.50 bits per heavy atom. The molecule has 0 aliphatic rings. The number of ketones is 1. The highest BCUT2D eigenvalue weighted by atomic mass is 16.3. The molecule has 0 saturated heterocycles. The molecule has 0 aromatic heterocycles. The molecule has 5 nitrogen and oxygen atoms in total. The Labute approximate surface area is 92.7 Å². The van der Waals surface area contributed by atoms with Gasteiger partial charge in [0.25, 0.3) is 5.91 Å². The molecule has 1 amide bonds. The van der Waals surface area contributed by atoms with Crippen LogP contribution >= 0.6 is 0 Å². The van der Waals surface area contributed by atoms with Crippen LogP contribution in [-0.4, -0.2) is 27.9 Å². The summed E-state index contributed by atoms with van der Waals surface area (Å²) in [5.74, 6) is -1.65. The van der Waals surface area contributed by atoms with E-state index in [4.69, 9.17) is 0 Å². The molecule has 0 radical (unpaired) electrons. The van der Waals surface area contributed by atoms with Crippen LogP contribution in [0.5, 0.6) is 11.5 Å². The van der Waals surface area contributed by atoms with Gasteiger partial charge in [0.2, 0.25) is 0 Å². The number of aromatic hydroxyl groups is 2. The molecule has 0 aliphatic heterocycles. The van der Waals surface area contributed by atoms with Crippen molar-refractivity contribution >= 4 is 11.7 Å². The lowest BCUT2D eigenvalue weighted by Crippen LogP contribution is -2.37. The van der Waals surface area contributed by atoms with Gasteiger partial charge in [0, 0.05) is 0 Å². The van der Waals surface area contributed by atoms with Crippen LogP contribution in [0.15, 0.2) is 18.2 Å². The molecule has 1 aromatic rings. The lowest BCUT2D eigenvalue weighted by molar-refractivity contribution is -0.118. The van der Waals surface area contributed by atoms with Crippen LogP contribution in [0.25, 0.3) is 0 Å². The van der Waals surface area contributed by atoms with Crippen LogP contribution < -0.4 is 5.32 Å². The van der Waals surface area contributed by atoms with E-state index >= 15 is 0 Å². The quantitative estimate of drug-likeness (QED) is 0.662. The molecule has 3 N–H and O–H groups in total. The van der Waals surface area contributed by atoms with Crippen molar-refractivity contribution in [3.8, 4) is 11.5 Å². The van der Waals surface area contributed by atoms with Crippen LogP contribution in [0.4, 0.5) is 0 Å². The van der Waals surface area contributed by atoms with Crippen molar-refractivity contribution in [1.82, 2.24) is 5.32 Å². The lowest BCUT2D eigenvalue weighted by atomic mass is 10.1. The summed E-state index contributed by atoms with van der Waals surface area (Å²) in [5, 5.41) is 21.0. The zero-order chi connectivity index (χ0) is 12.3. The van der Waals surface area contributed by atoms with Crippen LogP contribution in [0.1, 0.15) is 24.2 Å². The molecule has 0 fully saturated rings. The van der Waals surface area contributed by atoms with Crippen molar-refractivity contribution in [2.75, 3.05) is 0 Å². The molecule has 0 saturated carbocycles. The van der Waals surface area contributed by atoms with Crippen molar-refractivity contribution in [2.45, 2.75) is 19.9 Å². The molecule has 1 rings (SSSR count).